The molecule has 2 heterocycles. The third-order valence-corrected chi connectivity index (χ3v) is 4.85. The zero-order valence-electron chi connectivity index (χ0n) is 13.9. The highest BCUT2D eigenvalue weighted by molar-refractivity contribution is 14.1. The third kappa shape index (κ3) is 3.34. The summed E-state index contributed by atoms with van der Waals surface area (Å²) in [6.45, 7) is 5.63. The van der Waals surface area contributed by atoms with E-state index in [4.69, 9.17) is 0 Å². The number of fused-ring (bicyclic) bond motifs is 1. The van der Waals surface area contributed by atoms with Crippen molar-refractivity contribution in [1.29, 1.82) is 0 Å². The third-order valence-electron chi connectivity index (χ3n) is 4.26. The number of aromatic nitrogens is 3. The SMILES string of the molecule is CC(C)c1nn(CC(=O)NC2CC(C)(O)C2)c(=O)c2cc(I)cn12. The van der Waals surface area contributed by atoms with Gasteiger partial charge in [-0.3, -0.25) is 14.0 Å². The fraction of sp³-hybridized carbons (Fsp3) is 0.562. The Morgan fingerprint density at radius 3 is 2.79 bits per heavy atom. The summed E-state index contributed by atoms with van der Waals surface area (Å²) in [6.07, 6.45) is 2.95. The summed E-state index contributed by atoms with van der Waals surface area (Å²) in [4.78, 5) is 24.8. The van der Waals surface area contributed by atoms with Crippen LogP contribution >= 0.6 is 22.6 Å². The van der Waals surface area contributed by atoms with Gasteiger partial charge in [0.15, 0.2) is 0 Å². The first-order valence-electron chi connectivity index (χ1n) is 7.96. The number of hydrogen-bond acceptors (Lipinski definition) is 4. The molecule has 8 heteroatoms. The van der Waals surface area contributed by atoms with Gasteiger partial charge in [0.1, 0.15) is 17.9 Å². The standard InChI is InChI=1S/C16H21IN4O3/c1-9(2)14-19-21(15(23)12-4-10(17)7-20(12)14)8-13(22)18-11-5-16(3,24)6-11/h4,7,9,11,24H,5-6,8H2,1-3H3,(H,18,22). The average Bonchev–Trinajstić information content (AvgIpc) is 2.81. The zero-order valence-corrected chi connectivity index (χ0v) is 16.1. The highest BCUT2D eigenvalue weighted by Gasteiger charge is 2.39. The van der Waals surface area contributed by atoms with Gasteiger partial charge in [-0.15, -0.1) is 0 Å². The van der Waals surface area contributed by atoms with Gasteiger partial charge in [-0.2, -0.15) is 5.10 Å². The van der Waals surface area contributed by atoms with Gasteiger partial charge in [-0.25, -0.2) is 4.68 Å². The lowest BCUT2D eigenvalue weighted by Crippen LogP contribution is -2.54. The van der Waals surface area contributed by atoms with Crippen molar-refractivity contribution in [1.82, 2.24) is 19.5 Å². The van der Waals surface area contributed by atoms with Gasteiger partial charge in [0.05, 0.1) is 5.60 Å². The number of carbonyl (C=O) groups is 1. The van der Waals surface area contributed by atoms with Crippen molar-refractivity contribution in [2.24, 2.45) is 0 Å². The van der Waals surface area contributed by atoms with E-state index in [9.17, 15) is 14.7 Å². The highest BCUT2D eigenvalue weighted by Crippen LogP contribution is 2.31. The Kier molecular flexibility index (Phi) is 4.45. The minimum Gasteiger partial charge on any atom is -0.390 e. The van der Waals surface area contributed by atoms with E-state index in [1.54, 1.807) is 17.4 Å². The second-order valence-corrected chi connectivity index (χ2v) is 8.30. The van der Waals surface area contributed by atoms with Crippen LogP contribution in [0.15, 0.2) is 17.1 Å². The minimum atomic E-state index is -0.695. The zero-order chi connectivity index (χ0) is 17.6. The molecule has 3 rings (SSSR count). The molecule has 24 heavy (non-hydrogen) atoms. The molecule has 0 spiro atoms. The van der Waals surface area contributed by atoms with Gasteiger partial charge in [-0.05, 0) is 48.4 Å². The summed E-state index contributed by atoms with van der Waals surface area (Å²) in [6, 6.07) is 1.76. The van der Waals surface area contributed by atoms with E-state index < -0.39 is 5.60 Å². The van der Waals surface area contributed by atoms with Crippen molar-refractivity contribution in [2.75, 3.05) is 0 Å². The number of amides is 1. The Labute approximate surface area is 153 Å². The molecule has 2 N–H and O–H groups in total. The van der Waals surface area contributed by atoms with Crippen LogP contribution in [-0.4, -0.2) is 36.8 Å². The quantitative estimate of drug-likeness (QED) is 0.696. The number of rotatable bonds is 4. The molecule has 1 aliphatic rings. The Bertz CT molecular complexity index is 845. The molecule has 0 unspecified atom stereocenters. The Morgan fingerprint density at radius 2 is 2.21 bits per heavy atom. The molecule has 2 aromatic heterocycles. The molecule has 0 bridgehead atoms. The Hall–Kier alpha value is -1.42. The maximum absolute atomic E-state index is 12.6. The lowest BCUT2D eigenvalue weighted by Gasteiger charge is -2.41. The molecular weight excluding hydrogens is 423 g/mol. The largest absolute Gasteiger partial charge is 0.390 e. The molecule has 1 fully saturated rings. The fourth-order valence-electron chi connectivity index (χ4n) is 3.15. The molecule has 1 aliphatic carbocycles. The first kappa shape index (κ1) is 17.4. The van der Waals surface area contributed by atoms with Crippen LogP contribution in [0.2, 0.25) is 0 Å². The predicted molar refractivity (Wildman–Crippen MR) is 98.0 cm³/mol. The van der Waals surface area contributed by atoms with E-state index in [-0.39, 0.29) is 30.0 Å². The number of nitrogens with one attached hydrogen (secondary N) is 1. The van der Waals surface area contributed by atoms with Crippen LogP contribution in [0, 0.1) is 3.57 Å². The van der Waals surface area contributed by atoms with Gasteiger partial charge < -0.3 is 10.4 Å². The molecule has 1 saturated carbocycles. The molecule has 0 radical (unpaired) electrons. The van der Waals surface area contributed by atoms with Crippen molar-refractivity contribution < 1.29 is 9.90 Å². The number of carbonyl (C=O) groups excluding carboxylic acids is 1. The van der Waals surface area contributed by atoms with Gasteiger partial charge in [0.25, 0.3) is 5.56 Å². The van der Waals surface area contributed by atoms with Gasteiger partial charge in [-0.1, -0.05) is 13.8 Å². The second-order valence-electron chi connectivity index (χ2n) is 7.06. The summed E-state index contributed by atoms with van der Waals surface area (Å²) in [5.74, 6) is 0.602. The van der Waals surface area contributed by atoms with Gasteiger partial charge >= 0.3 is 0 Å². The summed E-state index contributed by atoms with van der Waals surface area (Å²) in [5, 5.41) is 17.0. The maximum atomic E-state index is 12.6. The maximum Gasteiger partial charge on any atom is 0.291 e. The molecule has 0 aliphatic heterocycles. The lowest BCUT2D eigenvalue weighted by atomic mass is 9.77. The second kappa shape index (κ2) is 6.14. The van der Waals surface area contributed by atoms with Crippen LogP contribution in [0.3, 0.4) is 0 Å². The van der Waals surface area contributed by atoms with E-state index in [1.165, 1.54) is 4.68 Å². The van der Waals surface area contributed by atoms with E-state index in [0.717, 1.165) is 9.39 Å². The highest BCUT2D eigenvalue weighted by atomic mass is 127. The average molecular weight is 444 g/mol. The van der Waals surface area contributed by atoms with Crippen LogP contribution in [0.5, 0.6) is 0 Å². The Balaban J connectivity index is 1.85. The first-order valence-corrected chi connectivity index (χ1v) is 9.04. The smallest absolute Gasteiger partial charge is 0.291 e. The van der Waals surface area contributed by atoms with E-state index in [2.05, 4.69) is 33.0 Å². The van der Waals surface area contributed by atoms with Crippen LogP contribution in [0.4, 0.5) is 0 Å². The number of halogens is 1. The molecule has 0 aromatic carbocycles. The molecule has 7 nitrogen and oxygen atoms in total. The minimum absolute atomic E-state index is 0.0363. The van der Waals surface area contributed by atoms with Crippen LogP contribution in [0.25, 0.3) is 5.52 Å². The van der Waals surface area contributed by atoms with Crippen molar-refractivity contribution in [2.45, 2.75) is 57.7 Å². The molecule has 1 amide bonds. The molecule has 2 aromatic rings. The molecule has 0 atom stereocenters. The van der Waals surface area contributed by atoms with Crippen LogP contribution in [0.1, 0.15) is 45.4 Å². The topological polar surface area (TPSA) is 88.6 Å². The Morgan fingerprint density at radius 1 is 1.54 bits per heavy atom. The lowest BCUT2D eigenvalue weighted by molar-refractivity contribution is -0.125. The summed E-state index contributed by atoms with van der Waals surface area (Å²) in [5.41, 5.74) is -0.449. The van der Waals surface area contributed by atoms with Crippen molar-refractivity contribution >= 4 is 34.0 Å². The predicted octanol–water partition coefficient (Wildman–Crippen LogP) is 1.25. The van der Waals surface area contributed by atoms with E-state index in [1.807, 2.05) is 20.0 Å². The number of hydrogen-bond donors (Lipinski definition) is 2. The number of nitrogens with zero attached hydrogens (tertiary/aromatic N) is 3. The van der Waals surface area contributed by atoms with Crippen molar-refractivity contribution in [3.05, 3.63) is 32.0 Å². The number of aliphatic hydroxyl groups is 1. The van der Waals surface area contributed by atoms with Crippen molar-refractivity contribution in [3.63, 3.8) is 0 Å². The normalized spacial score (nSPS) is 23.5. The summed E-state index contributed by atoms with van der Waals surface area (Å²) < 4.78 is 3.98. The van der Waals surface area contributed by atoms with E-state index in [0.29, 0.717) is 18.4 Å². The fourth-order valence-corrected chi connectivity index (χ4v) is 3.72. The summed E-state index contributed by atoms with van der Waals surface area (Å²) in [7, 11) is 0. The monoisotopic (exact) mass is 444 g/mol. The molecule has 0 saturated heterocycles. The summed E-state index contributed by atoms with van der Waals surface area (Å²) >= 11 is 2.16. The first-order chi connectivity index (χ1) is 11.2. The van der Waals surface area contributed by atoms with Gasteiger partial charge in [0, 0.05) is 21.7 Å². The van der Waals surface area contributed by atoms with Crippen LogP contribution < -0.4 is 10.9 Å². The van der Waals surface area contributed by atoms with Crippen LogP contribution in [-0.2, 0) is 11.3 Å². The van der Waals surface area contributed by atoms with Gasteiger partial charge in [0.2, 0.25) is 5.91 Å². The molecular formula is C16H21IN4O3. The molecule has 130 valence electrons. The van der Waals surface area contributed by atoms with Crippen molar-refractivity contribution in [3.8, 4) is 0 Å². The van der Waals surface area contributed by atoms with E-state index >= 15 is 0 Å².